The van der Waals surface area contributed by atoms with Crippen molar-refractivity contribution >= 4 is 28.8 Å². The maximum Gasteiger partial charge on any atom is 0.390 e. The Kier molecular flexibility index (Phi) is 5.18. The van der Waals surface area contributed by atoms with E-state index in [-0.39, 0.29) is 6.42 Å². The molecular formula is C9H20O7S2Si. The van der Waals surface area contributed by atoms with E-state index in [4.69, 9.17) is 12.2 Å². The smallest absolute Gasteiger partial charge is 0.294 e. The fraction of sp³-hybridized carbons (Fsp3) is 1.00. The van der Waals surface area contributed by atoms with E-state index in [0.29, 0.717) is 12.8 Å². The molecule has 0 aromatic carbocycles. The Morgan fingerprint density at radius 3 is 1.84 bits per heavy atom. The highest BCUT2D eigenvalue weighted by atomic mass is 32.3. The van der Waals surface area contributed by atoms with E-state index in [1.165, 1.54) is 0 Å². The highest BCUT2D eigenvalue weighted by Crippen LogP contribution is 2.27. The maximum absolute atomic E-state index is 11.6. The molecule has 1 fully saturated rings. The molecule has 19 heavy (non-hydrogen) atoms. The molecule has 114 valence electrons. The zero-order chi connectivity index (χ0) is 14.9. The van der Waals surface area contributed by atoms with Gasteiger partial charge in [0.1, 0.15) is 0 Å². The van der Waals surface area contributed by atoms with Crippen LogP contribution in [-0.4, -0.2) is 43.6 Å². The van der Waals surface area contributed by atoms with Crippen molar-refractivity contribution in [2.45, 2.75) is 51.1 Å². The Hall–Kier alpha value is -0.00312. The monoisotopic (exact) mass is 332 g/mol. The van der Waals surface area contributed by atoms with Crippen LogP contribution >= 0.6 is 0 Å². The van der Waals surface area contributed by atoms with Crippen molar-refractivity contribution < 1.29 is 29.1 Å². The van der Waals surface area contributed by atoms with Crippen LogP contribution in [0.2, 0.25) is 19.6 Å². The third kappa shape index (κ3) is 7.37. The molecule has 7 nitrogen and oxygen atoms in total. The molecule has 0 bridgehead atoms. The van der Waals surface area contributed by atoms with Crippen LogP contribution in [0.5, 0.6) is 0 Å². The van der Waals surface area contributed by atoms with Gasteiger partial charge in [-0.3, -0.25) is 8.06 Å². The third-order valence-corrected chi connectivity index (χ3v) is 6.20. The van der Waals surface area contributed by atoms with Gasteiger partial charge in [0.15, 0.2) is 0 Å². The molecule has 0 aromatic heterocycles. The van der Waals surface area contributed by atoms with Crippen molar-refractivity contribution in [2.24, 2.45) is 0 Å². The zero-order valence-corrected chi connectivity index (χ0v) is 14.1. The largest absolute Gasteiger partial charge is 0.390 e. The lowest BCUT2D eigenvalue weighted by Crippen LogP contribution is -2.32. The minimum atomic E-state index is -4.03. The summed E-state index contributed by atoms with van der Waals surface area (Å²) < 4.78 is 59.9. The Morgan fingerprint density at radius 2 is 1.42 bits per heavy atom. The molecule has 1 aliphatic rings. The van der Waals surface area contributed by atoms with E-state index in [9.17, 15) is 16.8 Å². The lowest BCUT2D eigenvalue weighted by Gasteiger charge is -2.18. The van der Waals surface area contributed by atoms with Gasteiger partial charge in [-0.15, -0.1) is 0 Å². The van der Waals surface area contributed by atoms with Crippen molar-refractivity contribution in [1.82, 2.24) is 0 Å². The predicted octanol–water partition coefficient (Wildman–Crippen LogP) is 0.997. The average molecular weight is 332 g/mol. The van der Waals surface area contributed by atoms with Crippen molar-refractivity contribution in [3.63, 3.8) is 0 Å². The summed E-state index contributed by atoms with van der Waals surface area (Å²) in [5.41, 5.74) is 0. The van der Waals surface area contributed by atoms with Crippen LogP contribution in [0, 0.1) is 0 Å². The van der Waals surface area contributed by atoms with Crippen LogP contribution in [0.25, 0.3) is 0 Å². The standard InChI is InChI=1S/C9H20O7S2Si/c1-17(10,11)14-8-5-6-9(7-8)15-18(12,13)16-19(2,3)4/h8-9H,5-7H2,1-4H3. The minimum Gasteiger partial charge on any atom is -0.294 e. The first kappa shape index (κ1) is 17.0. The first-order valence-electron chi connectivity index (χ1n) is 5.88. The molecule has 0 amide bonds. The highest BCUT2D eigenvalue weighted by molar-refractivity contribution is 7.86. The fourth-order valence-electron chi connectivity index (χ4n) is 1.82. The van der Waals surface area contributed by atoms with E-state index in [1.54, 1.807) is 19.6 Å². The van der Waals surface area contributed by atoms with Crippen LogP contribution in [0.3, 0.4) is 0 Å². The molecule has 2 atom stereocenters. The van der Waals surface area contributed by atoms with Gasteiger partial charge >= 0.3 is 10.4 Å². The van der Waals surface area contributed by atoms with E-state index in [1.807, 2.05) is 0 Å². The summed E-state index contributed by atoms with van der Waals surface area (Å²) in [6.45, 7) is 5.20. The normalized spacial score (nSPS) is 25.7. The lowest BCUT2D eigenvalue weighted by atomic mass is 10.3. The quantitative estimate of drug-likeness (QED) is 0.529. The Labute approximate surface area is 115 Å². The molecule has 1 aliphatic carbocycles. The number of rotatable bonds is 6. The van der Waals surface area contributed by atoms with Gasteiger partial charge in [-0.2, -0.15) is 16.8 Å². The topological polar surface area (TPSA) is 96.0 Å². The molecule has 0 aliphatic heterocycles. The average Bonchev–Trinajstić information content (AvgIpc) is 2.42. The molecule has 0 aromatic rings. The fourth-order valence-corrected chi connectivity index (χ4v) is 5.60. The highest BCUT2D eigenvalue weighted by Gasteiger charge is 2.34. The zero-order valence-electron chi connectivity index (χ0n) is 11.5. The molecule has 0 N–H and O–H groups in total. The number of hydrogen-bond acceptors (Lipinski definition) is 7. The summed E-state index contributed by atoms with van der Waals surface area (Å²) in [7, 11) is -9.83. The summed E-state index contributed by atoms with van der Waals surface area (Å²) in [6, 6.07) is 0. The van der Waals surface area contributed by atoms with Crippen molar-refractivity contribution in [1.29, 1.82) is 0 Å². The van der Waals surface area contributed by atoms with Crippen molar-refractivity contribution in [3.05, 3.63) is 0 Å². The Morgan fingerprint density at radius 1 is 0.947 bits per heavy atom. The maximum atomic E-state index is 11.6. The van der Waals surface area contributed by atoms with Gasteiger partial charge < -0.3 is 0 Å². The second-order valence-electron chi connectivity index (χ2n) is 5.56. The van der Waals surface area contributed by atoms with Gasteiger partial charge in [-0.05, 0) is 32.5 Å². The van der Waals surface area contributed by atoms with E-state index < -0.39 is 41.0 Å². The molecule has 1 saturated carbocycles. The van der Waals surface area contributed by atoms with Crippen LogP contribution in [0.15, 0.2) is 0 Å². The summed E-state index contributed by atoms with van der Waals surface area (Å²) >= 11 is 0. The van der Waals surface area contributed by atoms with E-state index in [0.717, 1.165) is 6.26 Å². The van der Waals surface area contributed by atoms with Gasteiger partial charge in [0.25, 0.3) is 10.1 Å². The molecule has 2 unspecified atom stereocenters. The van der Waals surface area contributed by atoms with Crippen LogP contribution < -0.4 is 0 Å². The SMILES string of the molecule is C[Si](C)(C)OS(=O)(=O)OC1CCC(OS(C)(=O)=O)C1. The van der Waals surface area contributed by atoms with E-state index in [2.05, 4.69) is 0 Å². The molecule has 10 heteroatoms. The van der Waals surface area contributed by atoms with Crippen LogP contribution in [0.4, 0.5) is 0 Å². The van der Waals surface area contributed by atoms with Crippen LogP contribution in [0.1, 0.15) is 19.3 Å². The third-order valence-electron chi connectivity index (χ3n) is 2.25. The second kappa shape index (κ2) is 5.78. The van der Waals surface area contributed by atoms with Gasteiger partial charge in [0, 0.05) is 6.42 Å². The summed E-state index contributed by atoms with van der Waals surface area (Å²) in [5.74, 6) is 0. The molecular weight excluding hydrogens is 312 g/mol. The predicted molar refractivity (Wildman–Crippen MR) is 71.8 cm³/mol. The van der Waals surface area contributed by atoms with Crippen LogP contribution in [-0.2, 0) is 32.8 Å². The van der Waals surface area contributed by atoms with Gasteiger partial charge in [0.05, 0.1) is 18.5 Å². The molecule has 0 saturated heterocycles. The Bertz CT molecular complexity index is 505. The lowest BCUT2D eigenvalue weighted by molar-refractivity contribution is 0.162. The summed E-state index contributed by atoms with van der Waals surface area (Å²) in [4.78, 5) is 0. The Balaban J connectivity index is 2.53. The first-order valence-corrected chi connectivity index (χ1v) is 12.4. The van der Waals surface area contributed by atoms with Crippen molar-refractivity contribution in [3.8, 4) is 0 Å². The van der Waals surface area contributed by atoms with Gasteiger partial charge in [-0.25, -0.2) is 4.18 Å². The molecule has 0 radical (unpaired) electrons. The van der Waals surface area contributed by atoms with E-state index >= 15 is 0 Å². The molecule has 0 heterocycles. The van der Waals surface area contributed by atoms with Gasteiger partial charge in [0.2, 0.25) is 8.32 Å². The van der Waals surface area contributed by atoms with Crippen molar-refractivity contribution in [2.75, 3.05) is 6.26 Å². The second-order valence-corrected chi connectivity index (χ2v) is 13.1. The van der Waals surface area contributed by atoms with Gasteiger partial charge in [-0.1, -0.05) is 0 Å². The summed E-state index contributed by atoms with van der Waals surface area (Å²) in [5, 5.41) is 0. The number of hydrogen-bond donors (Lipinski definition) is 0. The minimum absolute atomic E-state index is 0.224. The molecule has 0 spiro atoms. The first-order chi connectivity index (χ1) is 8.36. The molecule has 1 rings (SSSR count). The summed E-state index contributed by atoms with van der Waals surface area (Å²) in [6.07, 6.45) is 0.942.